The summed E-state index contributed by atoms with van der Waals surface area (Å²) < 4.78 is 5.17. The molecule has 0 radical (unpaired) electrons. The first kappa shape index (κ1) is 13.8. The van der Waals surface area contributed by atoms with E-state index in [0.717, 1.165) is 6.42 Å². The van der Waals surface area contributed by atoms with E-state index >= 15 is 0 Å². The summed E-state index contributed by atoms with van der Waals surface area (Å²) in [6, 6.07) is 9.14. The van der Waals surface area contributed by atoms with Crippen molar-refractivity contribution in [2.75, 3.05) is 13.7 Å². The van der Waals surface area contributed by atoms with Gasteiger partial charge in [0.1, 0.15) is 17.4 Å². The first-order valence-electron chi connectivity index (χ1n) is 5.76. The SMILES string of the molecule is CCCNC(=O)/C(C#N)=C\c1ccccc1OC. The second-order valence-electron chi connectivity index (χ2n) is 3.67. The molecule has 4 nitrogen and oxygen atoms in total. The molecule has 0 aromatic heterocycles. The number of nitrogens with one attached hydrogen (secondary N) is 1. The van der Waals surface area contributed by atoms with Crippen molar-refractivity contribution in [3.63, 3.8) is 0 Å². The Bertz CT molecular complexity index is 487. The molecule has 1 aromatic carbocycles. The van der Waals surface area contributed by atoms with Crippen molar-refractivity contribution in [1.82, 2.24) is 5.32 Å². The van der Waals surface area contributed by atoms with Gasteiger partial charge >= 0.3 is 0 Å². The van der Waals surface area contributed by atoms with Gasteiger partial charge in [-0.2, -0.15) is 5.26 Å². The molecule has 18 heavy (non-hydrogen) atoms. The molecule has 94 valence electrons. The molecule has 1 N–H and O–H groups in total. The fourth-order valence-electron chi connectivity index (χ4n) is 1.42. The molecule has 1 rings (SSSR count). The Hall–Kier alpha value is -2.28. The molecular formula is C14H16N2O2. The monoisotopic (exact) mass is 244 g/mol. The molecule has 0 fully saturated rings. The molecule has 0 saturated carbocycles. The predicted octanol–water partition coefficient (Wildman–Crippen LogP) is 2.13. The number of rotatable bonds is 5. The Morgan fingerprint density at radius 3 is 2.83 bits per heavy atom. The Balaban J connectivity index is 2.97. The van der Waals surface area contributed by atoms with Crippen LogP contribution in [0.15, 0.2) is 29.8 Å². The number of para-hydroxylation sites is 1. The van der Waals surface area contributed by atoms with Crippen molar-refractivity contribution >= 4 is 12.0 Å². The molecule has 0 bridgehead atoms. The van der Waals surface area contributed by atoms with Gasteiger partial charge in [0, 0.05) is 12.1 Å². The summed E-state index contributed by atoms with van der Waals surface area (Å²) in [6.45, 7) is 2.51. The molecule has 0 aliphatic rings. The van der Waals surface area contributed by atoms with Gasteiger partial charge in [-0.3, -0.25) is 4.79 Å². The van der Waals surface area contributed by atoms with E-state index in [0.29, 0.717) is 17.9 Å². The van der Waals surface area contributed by atoms with Crippen LogP contribution in [0.2, 0.25) is 0 Å². The van der Waals surface area contributed by atoms with Crippen LogP contribution in [0.5, 0.6) is 5.75 Å². The summed E-state index contributed by atoms with van der Waals surface area (Å²) in [5.74, 6) is 0.277. The Morgan fingerprint density at radius 1 is 1.50 bits per heavy atom. The van der Waals surface area contributed by atoms with Crippen LogP contribution in [-0.2, 0) is 4.79 Å². The first-order valence-corrected chi connectivity index (χ1v) is 5.76. The molecule has 0 aliphatic carbocycles. The molecule has 0 atom stereocenters. The smallest absolute Gasteiger partial charge is 0.261 e. The number of nitrogens with zero attached hydrogens (tertiary/aromatic N) is 1. The zero-order valence-electron chi connectivity index (χ0n) is 10.6. The number of hydrogen-bond donors (Lipinski definition) is 1. The molecule has 0 aliphatic heterocycles. The third kappa shape index (κ3) is 3.63. The van der Waals surface area contributed by atoms with E-state index in [1.54, 1.807) is 19.2 Å². The van der Waals surface area contributed by atoms with E-state index in [9.17, 15) is 4.79 Å². The van der Waals surface area contributed by atoms with E-state index < -0.39 is 0 Å². The Labute approximate surface area is 107 Å². The highest BCUT2D eigenvalue weighted by atomic mass is 16.5. The van der Waals surface area contributed by atoms with Gasteiger partial charge in [0.25, 0.3) is 5.91 Å². The van der Waals surface area contributed by atoms with Gasteiger partial charge in [0.15, 0.2) is 0 Å². The van der Waals surface area contributed by atoms with Crippen LogP contribution in [0.1, 0.15) is 18.9 Å². The third-order valence-corrected chi connectivity index (χ3v) is 2.34. The summed E-state index contributed by atoms with van der Waals surface area (Å²) in [6.07, 6.45) is 2.36. The summed E-state index contributed by atoms with van der Waals surface area (Å²) in [5.41, 5.74) is 0.788. The molecule has 1 aromatic rings. The number of ether oxygens (including phenoxy) is 1. The van der Waals surface area contributed by atoms with Gasteiger partial charge in [-0.15, -0.1) is 0 Å². The van der Waals surface area contributed by atoms with Crippen molar-refractivity contribution < 1.29 is 9.53 Å². The van der Waals surface area contributed by atoms with Crippen LogP contribution in [0, 0.1) is 11.3 Å². The first-order chi connectivity index (χ1) is 8.72. The topological polar surface area (TPSA) is 62.1 Å². The lowest BCUT2D eigenvalue weighted by atomic mass is 10.1. The molecule has 0 unspecified atom stereocenters. The van der Waals surface area contributed by atoms with Crippen molar-refractivity contribution in [3.05, 3.63) is 35.4 Å². The molecular weight excluding hydrogens is 228 g/mol. The maximum atomic E-state index is 11.7. The average Bonchev–Trinajstić information content (AvgIpc) is 2.42. The van der Waals surface area contributed by atoms with Crippen molar-refractivity contribution in [2.24, 2.45) is 0 Å². The lowest BCUT2D eigenvalue weighted by Gasteiger charge is -2.05. The average molecular weight is 244 g/mol. The van der Waals surface area contributed by atoms with E-state index in [2.05, 4.69) is 5.32 Å². The van der Waals surface area contributed by atoms with Gasteiger partial charge in [0.2, 0.25) is 0 Å². The van der Waals surface area contributed by atoms with Crippen LogP contribution >= 0.6 is 0 Å². The zero-order valence-corrected chi connectivity index (χ0v) is 10.6. The highest BCUT2D eigenvalue weighted by molar-refractivity contribution is 6.01. The number of hydrogen-bond acceptors (Lipinski definition) is 3. The summed E-state index contributed by atoms with van der Waals surface area (Å²) in [5, 5.41) is 11.7. The van der Waals surface area contributed by atoms with Gasteiger partial charge in [0.05, 0.1) is 7.11 Å². The van der Waals surface area contributed by atoms with Crippen LogP contribution in [0.3, 0.4) is 0 Å². The van der Waals surface area contributed by atoms with Gasteiger partial charge in [-0.1, -0.05) is 25.1 Å². The molecule has 0 spiro atoms. The number of carbonyl (C=O) groups excluding carboxylic acids is 1. The van der Waals surface area contributed by atoms with E-state index in [1.807, 2.05) is 25.1 Å². The van der Waals surface area contributed by atoms with Gasteiger partial charge < -0.3 is 10.1 Å². The fraction of sp³-hybridized carbons (Fsp3) is 0.286. The van der Waals surface area contributed by atoms with Crippen LogP contribution < -0.4 is 10.1 Å². The normalized spacial score (nSPS) is 10.6. The van der Waals surface area contributed by atoms with Crippen molar-refractivity contribution in [3.8, 4) is 11.8 Å². The number of benzene rings is 1. The second kappa shape index (κ2) is 7.13. The summed E-state index contributed by atoms with van der Waals surface area (Å²) >= 11 is 0. The maximum Gasteiger partial charge on any atom is 0.261 e. The summed E-state index contributed by atoms with van der Waals surface area (Å²) in [4.78, 5) is 11.7. The number of amides is 1. The largest absolute Gasteiger partial charge is 0.496 e. The zero-order chi connectivity index (χ0) is 13.4. The van der Waals surface area contributed by atoms with E-state index in [4.69, 9.17) is 10.00 Å². The minimum atomic E-state index is -0.356. The third-order valence-electron chi connectivity index (χ3n) is 2.34. The molecule has 4 heteroatoms. The van der Waals surface area contributed by atoms with Gasteiger partial charge in [-0.25, -0.2) is 0 Å². The molecule has 0 heterocycles. The standard InChI is InChI=1S/C14H16N2O2/c1-3-8-16-14(17)12(10-15)9-11-6-4-5-7-13(11)18-2/h4-7,9H,3,8H2,1-2H3,(H,16,17)/b12-9-. The van der Waals surface area contributed by atoms with Crippen LogP contribution in [0.4, 0.5) is 0 Å². The Kier molecular flexibility index (Phi) is 5.46. The quantitative estimate of drug-likeness (QED) is 0.637. The predicted molar refractivity (Wildman–Crippen MR) is 69.9 cm³/mol. The van der Waals surface area contributed by atoms with Crippen LogP contribution in [-0.4, -0.2) is 19.6 Å². The number of nitriles is 1. The van der Waals surface area contributed by atoms with Crippen molar-refractivity contribution in [2.45, 2.75) is 13.3 Å². The number of methoxy groups -OCH3 is 1. The lowest BCUT2D eigenvalue weighted by Crippen LogP contribution is -2.25. The summed E-state index contributed by atoms with van der Waals surface area (Å²) in [7, 11) is 1.55. The molecule has 1 amide bonds. The second-order valence-corrected chi connectivity index (χ2v) is 3.67. The minimum Gasteiger partial charge on any atom is -0.496 e. The number of carbonyl (C=O) groups is 1. The van der Waals surface area contributed by atoms with E-state index in [1.165, 1.54) is 6.08 Å². The Morgan fingerprint density at radius 2 is 2.22 bits per heavy atom. The van der Waals surface area contributed by atoms with E-state index in [-0.39, 0.29) is 11.5 Å². The molecule has 0 saturated heterocycles. The highest BCUT2D eigenvalue weighted by Crippen LogP contribution is 2.20. The van der Waals surface area contributed by atoms with Crippen molar-refractivity contribution in [1.29, 1.82) is 5.26 Å². The lowest BCUT2D eigenvalue weighted by molar-refractivity contribution is -0.117. The maximum absolute atomic E-state index is 11.7. The highest BCUT2D eigenvalue weighted by Gasteiger charge is 2.09. The van der Waals surface area contributed by atoms with Crippen LogP contribution in [0.25, 0.3) is 6.08 Å². The van der Waals surface area contributed by atoms with Gasteiger partial charge in [-0.05, 0) is 18.6 Å². The minimum absolute atomic E-state index is 0.0768. The fourth-order valence-corrected chi connectivity index (χ4v) is 1.42.